The van der Waals surface area contributed by atoms with E-state index in [1.165, 1.54) is 0 Å². The van der Waals surface area contributed by atoms with E-state index in [2.05, 4.69) is 10.3 Å². The summed E-state index contributed by atoms with van der Waals surface area (Å²) in [5, 5.41) is 11.1. The Balaban J connectivity index is 0.00000456. The topological polar surface area (TPSA) is 74.2 Å². The van der Waals surface area contributed by atoms with E-state index in [9.17, 15) is 31.1 Å². The third-order valence-electron chi connectivity index (χ3n) is 5.55. The van der Waals surface area contributed by atoms with Crippen LogP contribution in [0, 0.1) is 5.92 Å². The Morgan fingerprint density at radius 2 is 1.83 bits per heavy atom. The van der Waals surface area contributed by atoms with Gasteiger partial charge >= 0.3 is 12.4 Å². The largest absolute Gasteiger partial charge is 0.416 e. The molecule has 202 valence electrons. The number of likely N-dealkylation sites (tertiary alicyclic amines) is 1. The van der Waals surface area contributed by atoms with E-state index in [-0.39, 0.29) is 55.0 Å². The Bertz CT molecular complexity index is 963. The monoisotopic (exact) mass is 561 g/mol. The molecule has 3 rings (SSSR count). The van der Waals surface area contributed by atoms with Gasteiger partial charge in [-0.1, -0.05) is 12.1 Å². The molecule has 2 heterocycles. The molecule has 1 aromatic carbocycles. The Morgan fingerprint density at radius 3 is 2.44 bits per heavy atom. The Morgan fingerprint density at radius 1 is 1.14 bits per heavy atom. The van der Waals surface area contributed by atoms with Crippen molar-refractivity contribution in [2.75, 3.05) is 39.5 Å². The van der Waals surface area contributed by atoms with Crippen LogP contribution in [0.4, 0.5) is 31.1 Å². The zero-order valence-electron chi connectivity index (χ0n) is 19.0. The number of carbonyl (C=O) groups excluding carboxylic acids is 1. The van der Waals surface area contributed by atoms with Gasteiger partial charge in [-0.15, -0.1) is 12.4 Å². The molecule has 0 aromatic heterocycles. The average molecular weight is 562 g/mol. The normalized spacial score (nSPS) is 20.1. The first-order valence-electron chi connectivity index (χ1n) is 10.9. The van der Waals surface area contributed by atoms with Gasteiger partial charge in [0.2, 0.25) is 0 Å². The van der Waals surface area contributed by atoms with Gasteiger partial charge in [-0.25, -0.2) is 0 Å². The first-order chi connectivity index (χ1) is 16.5. The molecule has 0 bridgehead atoms. The summed E-state index contributed by atoms with van der Waals surface area (Å²) in [4.78, 5) is 18.6. The van der Waals surface area contributed by atoms with Crippen molar-refractivity contribution < 1.29 is 41.0 Å². The predicted molar refractivity (Wildman–Crippen MR) is 126 cm³/mol. The zero-order chi connectivity index (χ0) is 25.6. The first-order valence-corrected chi connectivity index (χ1v) is 11.7. The number of nitrogens with one attached hydrogen (secondary N) is 1. The molecule has 0 unspecified atom stereocenters. The number of aliphatic hydroxyl groups is 1. The van der Waals surface area contributed by atoms with Crippen LogP contribution in [-0.2, 0) is 23.6 Å². The van der Waals surface area contributed by atoms with E-state index in [4.69, 9.17) is 9.84 Å². The lowest BCUT2D eigenvalue weighted by molar-refractivity contribution is -0.143. The van der Waals surface area contributed by atoms with Crippen LogP contribution in [0.1, 0.15) is 29.5 Å². The third kappa shape index (κ3) is 8.65. The summed E-state index contributed by atoms with van der Waals surface area (Å²) in [6.07, 6.45) is -6.59. The molecule has 36 heavy (non-hydrogen) atoms. The van der Waals surface area contributed by atoms with Crippen molar-refractivity contribution in [2.45, 2.75) is 31.7 Å². The van der Waals surface area contributed by atoms with E-state index in [0.717, 1.165) is 17.8 Å². The summed E-state index contributed by atoms with van der Waals surface area (Å²) < 4.78 is 84.1. The quantitative estimate of drug-likeness (QED) is 0.341. The number of aliphatic hydroxyl groups excluding tert-OH is 1. The molecule has 0 saturated carbocycles. The molecule has 2 aliphatic heterocycles. The molecule has 0 aliphatic carbocycles. The molecule has 0 radical (unpaired) electrons. The fraction of sp³-hybridized carbons (Fsp3) is 0.545. The summed E-state index contributed by atoms with van der Waals surface area (Å²) in [5.74, 6) is 0.515. The number of benzene rings is 1. The fourth-order valence-corrected chi connectivity index (χ4v) is 4.66. The van der Waals surface area contributed by atoms with Crippen molar-refractivity contribution in [2.24, 2.45) is 10.9 Å². The maximum Gasteiger partial charge on any atom is 0.416 e. The molecule has 14 heteroatoms. The number of amides is 1. The number of amidine groups is 1. The van der Waals surface area contributed by atoms with E-state index >= 15 is 0 Å². The number of halogens is 7. The maximum atomic E-state index is 13.4. The maximum absolute atomic E-state index is 13.4. The van der Waals surface area contributed by atoms with Crippen molar-refractivity contribution in [3.8, 4) is 0 Å². The zero-order valence-corrected chi connectivity index (χ0v) is 20.6. The number of aliphatic imine (C=N–C) groups is 1. The summed E-state index contributed by atoms with van der Waals surface area (Å²) in [7, 11) is 0. The van der Waals surface area contributed by atoms with Crippen LogP contribution in [0.15, 0.2) is 34.2 Å². The lowest BCUT2D eigenvalue weighted by Crippen LogP contribution is -2.33. The number of hydrogen-bond donors (Lipinski definition) is 2. The Kier molecular flexibility index (Phi) is 11.1. The standard InChI is InChI=1S/C22H25F6N3O3S.ClH/c23-21(24,25)16-2-1-15(17(12-16)22(26,27)28)13-31-6-3-14(4-7-31)11-18-19(30-20(33)35-18)29-5-9-34-10-8-32;/h1-2,11-12,14,32H,3-10,13H2,(H,29,30,33);1H. The van der Waals surface area contributed by atoms with Gasteiger partial charge in [0.05, 0.1) is 42.4 Å². The smallest absolute Gasteiger partial charge is 0.394 e. The molecular weight excluding hydrogens is 536 g/mol. The van der Waals surface area contributed by atoms with Crippen molar-refractivity contribution >= 4 is 35.2 Å². The number of rotatable bonds is 8. The number of piperidine rings is 1. The van der Waals surface area contributed by atoms with E-state index in [1.54, 1.807) is 4.90 Å². The molecule has 0 spiro atoms. The fourth-order valence-electron chi connectivity index (χ4n) is 3.84. The summed E-state index contributed by atoms with van der Waals surface area (Å²) in [5.41, 5.74) is -2.79. The van der Waals surface area contributed by atoms with Crippen molar-refractivity contribution in [1.82, 2.24) is 10.2 Å². The van der Waals surface area contributed by atoms with Gasteiger partial charge in [0.25, 0.3) is 5.24 Å². The number of allylic oxidation sites excluding steroid dienone is 1. The lowest BCUT2D eigenvalue weighted by atomic mass is 9.95. The highest BCUT2D eigenvalue weighted by Crippen LogP contribution is 2.38. The van der Waals surface area contributed by atoms with Crippen LogP contribution in [0.5, 0.6) is 0 Å². The minimum Gasteiger partial charge on any atom is -0.394 e. The van der Waals surface area contributed by atoms with E-state index < -0.39 is 23.5 Å². The Labute approximate surface area is 214 Å². The minimum atomic E-state index is -4.89. The molecule has 2 fully saturated rings. The number of ether oxygens (including phenoxy) is 1. The van der Waals surface area contributed by atoms with Crippen LogP contribution in [0.25, 0.3) is 0 Å². The van der Waals surface area contributed by atoms with Gasteiger partial charge in [0.1, 0.15) is 5.84 Å². The van der Waals surface area contributed by atoms with Gasteiger partial charge in [0.15, 0.2) is 0 Å². The van der Waals surface area contributed by atoms with Gasteiger partial charge in [0, 0.05) is 6.54 Å². The van der Waals surface area contributed by atoms with Gasteiger partial charge < -0.3 is 15.2 Å². The van der Waals surface area contributed by atoms with Crippen molar-refractivity contribution in [3.05, 3.63) is 45.9 Å². The number of hydrogen-bond acceptors (Lipinski definition) is 6. The van der Waals surface area contributed by atoms with Crippen LogP contribution >= 0.6 is 24.2 Å². The van der Waals surface area contributed by atoms with Gasteiger partial charge in [-0.3, -0.25) is 14.7 Å². The molecule has 2 aliphatic rings. The van der Waals surface area contributed by atoms with Crippen molar-refractivity contribution in [3.63, 3.8) is 0 Å². The second kappa shape index (κ2) is 13.1. The minimum absolute atomic E-state index is 0. The van der Waals surface area contributed by atoms with Crippen LogP contribution < -0.4 is 5.32 Å². The third-order valence-corrected chi connectivity index (χ3v) is 6.39. The predicted octanol–water partition coefficient (Wildman–Crippen LogP) is 5.11. The lowest BCUT2D eigenvalue weighted by Gasteiger charge is -2.31. The van der Waals surface area contributed by atoms with Crippen LogP contribution in [-0.4, -0.2) is 60.5 Å². The van der Waals surface area contributed by atoms with Crippen molar-refractivity contribution in [1.29, 1.82) is 0 Å². The average Bonchev–Trinajstić information content (AvgIpc) is 3.12. The number of thioether (sulfide) groups is 1. The highest BCUT2D eigenvalue weighted by Gasteiger charge is 2.38. The highest BCUT2D eigenvalue weighted by atomic mass is 35.5. The Hall–Kier alpha value is -1.80. The van der Waals surface area contributed by atoms with E-state index in [0.29, 0.717) is 55.9 Å². The molecule has 6 nitrogen and oxygen atoms in total. The molecule has 2 saturated heterocycles. The van der Waals surface area contributed by atoms with Gasteiger partial charge in [-0.2, -0.15) is 26.3 Å². The van der Waals surface area contributed by atoms with Gasteiger partial charge in [-0.05, 0) is 61.3 Å². The van der Waals surface area contributed by atoms with Crippen LogP contribution in [0.2, 0.25) is 0 Å². The molecule has 1 amide bonds. The van der Waals surface area contributed by atoms with Crippen LogP contribution in [0.3, 0.4) is 0 Å². The number of carbonyl (C=O) groups is 1. The molecule has 1 aromatic rings. The summed E-state index contributed by atoms with van der Waals surface area (Å²) in [6, 6.07) is 1.75. The van der Waals surface area contributed by atoms with E-state index in [1.807, 2.05) is 6.08 Å². The SMILES string of the molecule is Cl.O=C1NC(=NCCOCCO)C(=CC2CCN(Cc3ccc(C(F)(F)F)cc3C(F)(F)F)CC2)S1. The molecule has 0 atom stereocenters. The first kappa shape index (κ1) is 30.4. The highest BCUT2D eigenvalue weighted by molar-refractivity contribution is 8.18. The molecule has 2 N–H and O–H groups in total. The summed E-state index contributed by atoms with van der Waals surface area (Å²) in [6.45, 7) is 1.51. The summed E-state index contributed by atoms with van der Waals surface area (Å²) >= 11 is 1.02. The molecular formula is C22H26ClF6N3O3S. The second-order valence-electron chi connectivity index (χ2n) is 8.09. The second-order valence-corrected chi connectivity index (χ2v) is 9.11. The number of alkyl halides is 6. The number of nitrogens with zero attached hydrogens (tertiary/aromatic N) is 2.